The lowest BCUT2D eigenvalue weighted by Gasteiger charge is -2.45. The second-order valence-corrected chi connectivity index (χ2v) is 9.43. The van der Waals surface area contributed by atoms with Gasteiger partial charge in [0.25, 0.3) is 5.91 Å². The molecule has 182 valence electrons. The summed E-state index contributed by atoms with van der Waals surface area (Å²) in [6, 6.07) is 22.8. The van der Waals surface area contributed by atoms with Crippen LogP contribution >= 0.6 is 0 Å². The minimum atomic E-state index is -0.163. The number of anilines is 2. The fourth-order valence-corrected chi connectivity index (χ4v) is 5.55. The van der Waals surface area contributed by atoms with Crippen LogP contribution in [0.2, 0.25) is 0 Å². The number of hydrogen-bond donors (Lipinski definition) is 1. The molecular formula is C29H34N4O2. The maximum absolute atomic E-state index is 12.8. The largest absolute Gasteiger partial charge is 0.496 e. The molecule has 2 saturated heterocycles. The highest BCUT2D eigenvalue weighted by atomic mass is 16.5. The molecule has 0 bridgehead atoms. The number of hydrogen-bond acceptors (Lipinski definition) is 5. The van der Waals surface area contributed by atoms with Gasteiger partial charge < -0.3 is 15.0 Å². The van der Waals surface area contributed by atoms with E-state index in [0.717, 1.165) is 43.9 Å². The first-order valence-electron chi connectivity index (χ1n) is 12.7. The van der Waals surface area contributed by atoms with E-state index in [2.05, 4.69) is 44.4 Å². The van der Waals surface area contributed by atoms with Gasteiger partial charge in [-0.25, -0.2) is 0 Å². The summed E-state index contributed by atoms with van der Waals surface area (Å²) in [5, 5.41) is 3.04. The molecule has 0 saturated carbocycles. The Labute approximate surface area is 207 Å². The number of para-hydroxylation sites is 1. The smallest absolute Gasteiger partial charge is 0.259 e. The molecular weight excluding hydrogens is 436 g/mol. The number of nitrogens with one attached hydrogen (secondary N) is 1. The molecule has 35 heavy (non-hydrogen) atoms. The first kappa shape index (κ1) is 23.4. The first-order valence-corrected chi connectivity index (χ1v) is 12.7. The van der Waals surface area contributed by atoms with E-state index >= 15 is 0 Å². The molecule has 3 heterocycles. The van der Waals surface area contributed by atoms with E-state index in [9.17, 15) is 4.79 Å². The van der Waals surface area contributed by atoms with E-state index < -0.39 is 0 Å². The zero-order chi connectivity index (χ0) is 24.0. The van der Waals surface area contributed by atoms with Crippen molar-refractivity contribution < 1.29 is 9.53 Å². The number of aromatic nitrogens is 1. The average molecular weight is 471 g/mol. The third-order valence-corrected chi connectivity index (χ3v) is 7.33. The summed E-state index contributed by atoms with van der Waals surface area (Å²) in [6.45, 7) is 3.19. The highest BCUT2D eigenvalue weighted by Gasteiger charge is 2.32. The molecule has 5 rings (SSSR count). The van der Waals surface area contributed by atoms with Gasteiger partial charge in [-0.3, -0.25) is 14.7 Å². The number of carbonyl (C=O) groups excluding carboxylic acids is 1. The summed E-state index contributed by atoms with van der Waals surface area (Å²) in [4.78, 5) is 22.7. The van der Waals surface area contributed by atoms with Crippen molar-refractivity contribution >= 4 is 17.3 Å². The van der Waals surface area contributed by atoms with Gasteiger partial charge in [-0.05, 0) is 74.7 Å². The van der Waals surface area contributed by atoms with E-state index in [4.69, 9.17) is 4.74 Å². The number of benzene rings is 2. The van der Waals surface area contributed by atoms with Gasteiger partial charge in [-0.2, -0.15) is 0 Å². The molecule has 0 spiro atoms. The van der Waals surface area contributed by atoms with Gasteiger partial charge in [-0.15, -0.1) is 0 Å². The molecule has 6 heteroatoms. The first-order chi connectivity index (χ1) is 17.2. The van der Waals surface area contributed by atoms with Crippen molar-refractivity contribution in [1.82, 2.24) is 9.88 Å². The second kappa shape index (κ2) is 10.9. The van der Waals surface area contributed by atoms with Crippen LogP contribution in [0.4, 0.5) is 11.4 Å². The van der Waals surface area contributed by atoms with Gasteiger partial charge in [0.05, 0.1) is 24.4 Å². The predicted octanol–water partition coefficient (Wildman–Crippen LogP) is 5.54. The normalized spacial score (nSPS) is 19.3. The maximum atomic E-state index is 12.8. The highest BCUT2D eigenvalue weighted by molar-refractivity contribution is 6.06. The third kappa shape index (κ3) is 5.33. The van der Waals surface area contributed by atoms with Gasteiger partial charge in [-0.1, -0.05) is 30.7 Å². The molecule has 6 nitrogen and oxygen atoms in total. The molecule has 2 aromatic carbocycles. The summed E-state index contributed by atoms with van der Waals surface area (Å²) < 4.78 is 5.34. The summed E-state index contributed by atoms with van der Waals surface area (Å²) in [7, 11) is 1.58. The van der Waals surface area contributed by atoms with Gasteiger partial charge in [0.1, 0.15) is 5.75 Å². The molecule has 2 aliphatic rings. The van der Waals surface area contributed by atoms with Crippen molar-refractivity contribution in [2.24, 2.45) is 0 Å². The van der Waals surface area contributed by atoms with Crippen LogP contribution in [0.15, 0.2) is 72.9 Å². The van der Waals surface area contributed by atoms with Crippen molar-refractivity contribution in [3.8, 4) is 5.75 Å². The fourth-order valence-electron chi connectivity index (χ4n) is 5.55. The summed E-state index contributed by atoms with van der Waals surface area (Å²) in [6.07, 6.45) is 7.96. The number of methoxy groups -OCH3 is 1. The van der Waals surface area contributed by atoms with Crippen LogP contribution in [-0.4, -0.2) is 48.6 Å². The van der Waals surface area contributed by atoms with Crippen LogP contribution in [-0.2, 0) is 0 Å². The van der Waals surface area contributed by atoms with Crippen LogP contribution in [0.3, 0.4) is 0 Å². The van der Waals surface area contributed by atoms with Gasteiger partial charge in [0.2, 0.25) is 0 Å². The predicted molar refractivity (Wildman–Crippen MR) is 140 cm³/mol. The Morgan fingerprint density at radius 3 is 2.57 bits per heavy atom. The minimum absolute atomic E-state index is 0.163. The number of ether oxygens (including phenoxy) is 1. The molecule has 1 N–H and O–H groups in total. The van der Waals surface area contributed by atoms with E-state index in [0.29, 0.717) is 23.4 Å². The van der Waals surface area contributed by atoms with E-state index in [1.165, 1.54) is 25.0 Å². The Balaban J connectivity index is 1.23. The second-order valence-electron chi connectivity index (χ2n) is 9.43. The summed E-state index contributed by atoms with van der Waals surface area (Å²) >= 11 is 0. The van der Waals surface area contributed by atoms with Crippen LogP contribution < -0.4 is 15.0 Å². The maximum Gasteiger partial charge on any atom is 0.259 e. The zero-order valence-corrected chi connectivity index (χ0v) is 20.4. The lowest BCUT2D eigenvalue weighted by molar-refractivity contribution is 0.0773. The number of pyridine rings is 1. The molecule has 1 aromatic heterocycles. The van der Waals surface area contributed by atoms with Crippen molar-refractivity contribution in [2.75, 3.05) is 37.0 Å². The van der Waals surface area contributed by atoms with Crippen LogP contribution in [0.5, 0.6) is 5.75 Å². The fraction of sp³-hybridized carbons (Fsp3) is 0.379. The third-order valence-electron chi connectivity index (χ3n) is 7.33. The van der Waals surface area contributed by atoms with E-state index in [-0.39, 0.29) is 5.91 Å². The van der Waals surface area contributed by atoms with E-state index in [1.54, 1.807) is 19.2 Å². The molecule has 1 atom stereocenters. The van der Waals surface area contributed by atoms with Gasteiger partial charge in [0.15, 0.2) is 0 Å². The highest BCUT2D eigenvalue weighted by Crippen LogP contribution is 2.35. The average Bonchev–Trinajstić information content (AvgIpc) is 2.94. The molecule has 2 fully saturated rings. The number of rotatable bonds is 6. The number of nitrogens with zero attached hydrogens (tertiary/aromatic N) is 3. The summed E-state index contributed by atoms with van der Waals surface area (Å²) in [5.74, 6) is 0.411. The lowest BCUT2D eigenvalue weighted by atomic mass is 9.93. The van der Waals surface area contributed by atoms with Crippen LogP contribution in [0.1, 0.15) is 54.2 Å². The van der Waals surface area contributed by atoms with Crippen LogP contribution in [0.25, 0.3) is 0 Å². The topological polar surface area (TPSA) is 57.7 Å². The number of likely N-dealkylation sites (tertiary alicyclic amines) is 1. The summed E-state index contributed by atoms with van der Waals surface area (Å²) in [5.41, 5.74) is 3.70. The number of piperidine rings is 2. The van der Waals surface area contributed by atoms with Crippen molar-refractivity contribution in [3.63, 3.8) is 0 Å². The lowest BCUT2D eigenvalue weighted by Crippen LogP contribution is -2.48. The van der Waals surface area contributed by atoms with Gasteiger partial charge >= 0.3 is 0 Å². The Hall–Kier alpha value is -3.38. The Kier molecular flexibility index (Phi) is 7.28. The van der Waals surface area contributed by atoms with Crippen molar-refractivity contribution in [2.45, 2.75) is 44.2 Å². The SMILES string of the molecule is COc1ccccc1C(=O)Nc1cccc(N2CCC(N3CCCC[C@H]3c3ccccn3)CC2)c1. The molecule has 0 radical (unpaired) electrons. The molecule has 2 aliphatic heterocycles. The van der Waals surface area contributed by atoms with Crippen LogP contribution in [0, 0.1) is 0 Å². The Morgan fingerprint density at radius 2 is 1.77 bits per heavy atom. The van der Waals surface area contributed by atoms with Gasteiger partial charge in [0, 0.05) is 36.7 Å². The molecule has 0 aliphatic carbocycles. The number of carbonyl (C=O) groups is 1. The monoisotopic (exact) mass is 470 g/mol. The molecule has 0 unspecified atom stereocenters. The zero-order valence-electron chi connectivity index (χ0n) is 20.4. The standard InChI is InChI=1S/C29H34N4O2/c1-35-28-14-3-2-11-25(28)29(34)31-22-9-8-10-24(21-22)32-19-15-23(16-20-32)33-18-7-5-13-27(33)26-12-4-6-17-30-26/h2-4,6,8-12,14,17,21,23,27H,5,7,13,15-16,18-20H2,1H3,(H,31,34)/t27-/m0/s1. The quantitative estimate of drug-likeness (QED) is 0.513. The number of amides is 1. The van der Waals surface area contributed by atoms with E-state index in [1.807, 2.05) is 36.5 Å². The minimum Gasteiger partial charge on any atom is -0.496 e. The van der Waals surface area contributed by atoms with Crippen molar-refractivity contribution in [1.29, 1.82) is 0 Å². The Bertz CT molecular complexity index is 1130. The molecule has 1 amide bonds. The molecule has 3 aromatic rings. The van der Waals surface area contributed by atoms with Crippen molar-refractivity contribution in [3.05, 3.63) is 84.2 Å². The Morgan fingerprint density at radius 1 is 0.943 bits per heavy atom.